The molecule has 0 spiro atoms. The van der Waals surface area contributed by atoms with E-state index in [9.17, 15) is 21.6 Å². The molecule has 0 amide bonds. The maximum absolute atomic E-state index is 13.5. The topological polar surface area (TPSA) is 85.3 Å². The zero-order valence-electron chi connectivity index (χ0n) is 17.3. The maximum Gasteiger partial charge on any atom is 0.195 e. The summed E-state index contributed by atoms with van der Waals surface area (Å²) < 4.78 is 52.3. The lowest BCUT2D eigenvalue weighted by molar-refractivity contribution is -0.112. The third-order valence-electron chi connectivity index (χ3n) is 5.40. The van der Waals surface area contributed by atoms with Crippen molar-refractivity contribution in [2.24, 2.45) is 0 Å². The predicted molar refractivity (Wildman–Crippen MR) is 120 cm³/mol. The molecular weight excluding hydrogens is 432 g/mol. The van der Waals surface area contributed by atoms with Crippen LogP contribution in [0.5, 0.6) is 0 Å². The number of benzene rings is 3. The Morgan fingerprint density at radius 2 is 1.16 bits per heavy atom. The van der Waals surface area contributed by atoms with E-state index in [1.807, 2.05) is 19.1 Å². The van der Waals surface area contributed by atoms with Crippen LogP contribution in [0.2, 0.25) is 0 Å². The van der Waals surface area contributed by atoms with Crippen LogP contribution in [0, 0.1) is 6.92 Å². The van der Waals surface area contributed by atoms with E-state index in [4.69, 9.17) is 0 Å². The van der Waals surface area contributed by atoms with Crippen molar-refractivity contribution < 1.29 is 21.6 Å². The summed E-state index contributed by atoms with van der Waals surface area (Å²) in [5.41, 5.74) is 0.217. The number of hydrogen-bond acceptors (Lipinski definition) is 5. The van der Waals surface area contributed by atoms with Crippen LogP contribution in [0.3, 0.4) is 0 Å². The van der Waals surface area contributed by atoms with E-state index >= 15 is 0 Å². The number of rotatable bonds is 8. The second-order valence-electron chi connectivity index (χ2n) is 7.75. The molecule has 0 N–H and O–H groups in total. The van der Waals surface area contributed by atoms with Crippen LogP contribution >= 0.6 is 0 Å². The summed E-state index contributed by atoms with van der Waals surface area (Å²) in [7, 11) is -8.63. The number of hydrogen-bond donors (Lipinski definition) is 0. The van der Waals surface area contributed by atoms with E-state index in [1.54, 1.807) is 31.2 Å². The van der Waals surface area contributed by atoms with Crippen LogP contribution in [-0.4, -0.2) is 27.7 Å². The van der Waals surface area contributed by atoms with Gasteiger partial charge in [0.2, 0.25) is 0 Å². The molecule has 3 aromatic carbocycles. The number of carbonyl (C=O) groups excluding carboxylic acids is 1. The van der Waals surface area contributed by atoms with E-state index in [1.165, 1.54) is 48.5 Å². The predicted octanol–water partition coefficient (Wildman–Crippen LogP) is 4.12. The molecule has 3 aromatic rings. The second-order valence-corrected chi connectivity index (χ2v) is 12.3. The van der Waals surface area contributed by atoms with Gasteiger partial charge in [-0.25, -0.2) is 16.8 Å². The molecular formula is C24H24O5S2. The van der Waals surface area contributed by atoms with Gasteiger partial charge in [-0.15, -0.1) is 0 Å². The first-order chi connectivity index (χ1) is 14.6. The molecule has 0 aliphatic carbocycles. The summed E-state index contributed by atoms with van der Waals surface area (Å²) in [5, 5.41) is 0. The van der Waals surface area contributed by atoms with Gasteiger partial charge >= 0.3 is 0 Å². The molecule has 0 unspecified atom stereocenters. The van der Waals surface area contributed by atoms with Gasteiger partial charge in [-0.05, 0) is 50.1 Å². The van der Waals surface area contributed by atoms with Gasteiger partial charge in [0.25, 0.3) is 0 Å². The average molecular weight is 457 g/mol. The molecule has 162 valence electrons. The van der Waals surface area contributed by atoms with Crippen LogP contribution in [0.4, 0.5) is 0 Å². The zero-order chi connectivity index (χ0) is 22.7. The Kier molecular flexibility index (Phi) is 6.48. The highest BCUT2D eigenvalue weighted by atomic mass is 32.3. The van der Waals surface area contributed by atoms with Crippen molar-refractivity contribution in [3.63, 3.8) is 0 Å². The molecule has 31 heavy (non-hydrogen) atoms. The van der Waals surface area contributed by atoms with Gasteiger partial charge in [0.15, 0.2) is 24.3 Å². The van der Waals surface area contributed by atoms with Gasteiger partial charge in [0.05, 0.1) is 15.2 Å². The normalized spacial score (nSPS) is 14.2. The minimum atomic E-state index is -4.31. The molecule has 3 rings (SSSR count). The van der Waals surface area contributed by atoms with Crippen molar-refractivity contribution in [1.29, 1.82) is 0 Å². The molecule has 0 bridgehead atoms. The van der Waals surface area contributed by atoms with Crippen LogP contribution in [0.25, 0.3) is 0 Å². The molecule has 0 aliphatic rings. The average Bonchev–Trinajstić information content (AvgIpc) is 2.78. The number of sulfone groups is 2. The summed E-state index contributed by atoms with van der Waals surface area (Å²) in [5.74, 6) is 0. The monoisotopic (exact) mass is 456 g/mol. The molecule has 0 aromatic heterocycles. The van der Waals surface area contributed by atoms with Gasteiger partial charge in [-0.1, -0.05) is 66.2 Å². The van der Waals surface area contributed by atoms with Crippen molar-refractivity contribution in [2.75, 3.05) is 0 Å². The first-order valence-electron chi connectivity index (χ1n) is 9.73. The van der Waals surface area contributed by atoms with E-state index in [0.717, 1.165) is 5.56 Å². The molecule has 0 saturated carbocycles. The Bertz CT molecular complexity index is 1180. The molecule has 0 radical (unpaired) electrons. The van der Waals surface area contributed by atoms with E-state index in [2.05, 4.69) is 0 Å². The largest absolute Gasteiger partial charge is 0.302 e. The fourth-order valence-electron chi connectivity index (χ4n) is 3.42. The highest BCUT2D eigenvalue weighted by Gasteiger charge is 2.45. The molecule has 7 heteroatoms. The molecule has 0 aliphatic heterocycles. The van der Waals surface area contributed by atoms with Gasteiger partial charge in [-0.3, -0.25) is 0 Å². The zero-order valence-corrected chi connectivity index (χ0v) is 18.9. The summed E-state index contributed by atoms with van der Waals surface area (Å²) in [6, 6.07) is 22.0. The smallest absolute Gasteiger partial charge is 0.195 e. The standard InChI is InChI=1S/C24H24O5S2/c1-19-13-15-20(16-14-19)24(2,18-25)17-23(30(26,27)21-9-5-3-6-10-21)31(28,29)22-11-7-4-8-12-22/h3-16,18,23H,17H2,1-2H3/t24-/m1/s1. The minimum Gasteiger partial charge on any atom is -0.302 e. The summed E-state index contributed by atoms with van der Waals surface area (Å²) in [6.45, 7) is 3.46. The van der Waals surface area contributed by atoms with Gasteiger partial charge < -0.3 is 4.79 Å². The Hall–Kier alpha value is -2.77. The maximum atomic E-state index is 13.5. The summed E-state index contributed by atoms with van der Waals surface area (Å²) >= 11 is 0. The van der Waals surface area contributed by atoms with Crippen LogP contribution < -0.4 is 0 Å². The van der Waals surface area contributed by atoms with Crippen LogP contribution in [0.15, 0.2) is 94.7 Å². The first-order valence-corrected chi connectivity index (χ1v) is 12.8. The molecule has 0 heterocycles. The lowest BCUT2D eigenvalue weighted by Gasteiger charge is -2.29. The highest BCUT2D eigenvalue weighted by Crippen LogP contribution is 2.36. The van der Waals surface area contributed by atoms with Crippen LogP contribution in [0.1, 0.15) is 24.5 Å². The van der Waals surface area contributed by atoms with Crippen molar-refractivity contribution in [3.8, 4) is 0 Å². The van der Waals surface area contributed by atoms with Gasteiger partial charge in [-0.2, -0.15) is 0 Å². The van der Waals surface area contributed by atoms with Crippen molar-refractivity contribution in [3.05, 3.63) is 96.1 Å². The lowest BCUT2D eigenvalue weighted by atomic mass is 9.81. The summed E-state index contributed by atoms with van der Waals surface area (Å²) in [4.78, 5) is 12.0. The Labute approximate surface area is 183 Å². The van der Waals surface area contributed by atoms with E-state index in [0.29, 0.717) is 11.8 Å². The number of aryl methyl sites for hydroxylation is 1. The van der Waals surface area contributed by atoms with Crippen molar-refractivity contribution in [1.82, 2.24) is 0 Å². The highest BCUT2D eigenvalue weighted by molar-refractivity contribution is 8.09. The first kappa shape index (κ1) is 22.9. The quantitative estimate of drug-likeness (QED) is 0.476. The summed E-state index contributed by atoms with van der Waals surface area (Å²) in [6.07, 6.45) is 0.222. The third kappa shape index (κ3) is 4.62. The van der Waals surface area contributed by atoms with Crippen molar-refractivity contribution in [2.45, 2.75) is 40.1 Å². The van der Waals surface area contributed by atoms with Gasteiger partial charge in [0.1, 0.15) is 6.29 Å². The van der Waals surface area contributed by atoms with Crippen LogP contribution in [-0.2, 0) is 29.9 Å². The second kappa shape index (κ2) is 8.77. The van der Waals surface area contributed by atoms with Gasteiger partial charge in [0, 0.05) is 0 Å². The van der Waals surface area contributed by atoms with E-state index in [-0.39, 0.29) is 9.79 Å². The fourth-order valence-corrected chi connectivity index (χ4v) is 8.24. The third-order valence-corrected chi connectivity index (χ3v) is 10.5. The minimum absolute atomic E-state index is 0.100. The number of carbonyl (C=O) groups is 1. The molecule has 5 nitrogen and oxygen atoms in total. The van der Waals surface area contributed by atoms with Crippen molar-refractivity contribution >= 4 is 26.0 Å². The Morgan fingerprint density at radius 1 is 0.742 bits per heavy atom. The molecule has 1 atom stereocenters. The molecule has 0 fully saturated rings. The lowest BCUT2D eigenvalue weighted by Crippen LogP contribution is -2.39. The fraction of sp³-hybridized carbons (Fsp3) is 0.208. The van der Waals surface area contributed by atoms with E-state index < -0.39 is 36.1 Å². The molecule has 0 saturated heterocycles. The Morgan fingerprint density at radius 3 is 1.55 bits per heavy atom. The Balaban J connectivity index is 2.19. The number of aldehydes is 1. The SMILES string of the molecule is Cc1ccc([C@@](C)(C=O)CC(S(=O)(=O)c2ccccc2)S(=O)(=O)c2ccccc2)cc1.